The second kappa shape index (κ2) is 6.98. The summed E-state index contributed by atoms with van der Waals surface area (Å²) in [5, 5.41) is 6.18. The number of benzene rings is 1. The van der Waals surface area contributed by atoms with Gasteiger partial charge in [-0.1, -0.05) is 30.0 Å². The van der Waals surface area contributed by atoms with Crippen LogP contribution in [0.5, 0.6) is 0 Å². The largest absolute Gasteiger partial charge is 0.366 e. The van der Waals surface area contributed by atoms with E-state index in [0.717, 1.165) is 15.9 Å². The van der Waals surface area contributed by atoms with Gasteiger partial charge in [0.2, 0.25) is 5.91 Å². The number of aromatic nitrogens is 2. The Morgan fingerprint density at radius 2 is 2.04 bits per heavy atom. The quantitative estimate of drug-likeness (QED) is 0.540. The number of para-hydroxylation sites is 1. The predicted octanol–water partition coefficient (Wildman–Crippen LogP) is 2.91. The van der Waals surface area contributed by atoms with Crippen molar-refractivity contribution in [3.8, 4) is 0 Å². The van der Waals surface area contributed by atoms with Gasteiger partial charge in [-0.05, 0) is 24.4 Å². The molecule has 1 unspecified atom stereocenters. The average molecular weight is 358 g/mol. The summed E-state index contributed by atoms with van der Waals surface area (Å²) in [6, 6.07) is 9.23. The van der Waals surface area contributed by atoms with Crippen LogP contribution in [-0.2, 0) is 4.79 Å². The molecule has 0 aliphatic rings. The SMILES string of the molecule is CC(Sc1ncnc2ccccc12)C(=O)Nc1sccc1C(N)=O. The van der Waals surface area contributed by atoms with E-state index in [1.807, 2.05) is 24.3 Å². The van der Waals surface area contributed by atoms with Gasteiger partial charge >= 0.3 is 0 Å². The molecule has 2 heterocycles. The number of amides is 2. The molecule has 1 aromatic carbocycles. The molecular formula is C16H14N4O2S2. The highest BCUT2D eigenvalue weighted by Crippen LogP contribution is 2.29. The summed E-state index contributed by atoms with van der Waals surface area (Å²) in [7, 11) is 0. The number of anilines is 1. The number of thioether (sulfide) groups is 1. The minimum atomic E-state index is -0.561. The first kappa shape index (κ1) is 16.4. The van der Waals surface area contributed by atoms with Crippen molar-refractivity contribution < 1.29 is 9.59 Å². The van der Waals surface area contributed by atoms with Gasteiger partial charge < -0.3 is 11.1 Å². The molecule has 0 saturated heterocycles. The molecule has 0 radical (unpaired) electrons. The molecule has 8 heteroatoms. The number of nitrogens with zero attached hydrogens (tertiary/aromatic N) is 2. The van der Waals surface area contributed by atoms with Crippen LogP contribution in [0.2, 0.25) is 0 Å². The lowest BCUT2D eigenvalue weighted by atomic mass is 10.2. The summed E-state index contributed by atoms with van der Waals surface area (Å²) in [6.45, 7) is 1.79. The number of carbonyl (C=O) groups excluding carboxylic acids is 2. The first-order chi connectivity index (χ1) is 11.6. The van der Waals surface area contributed by atoms with Crippen LogP contribution in [0.4, 0.5) is 5.00 Å². The fourth-order valence-corrected chi connectivity index (χ4v) is 3.81. The zero-order valence-electron chi connectivity index (χ0n) is 12.7. The number of nitrogens with two attached hydrogens (primary N) is 1. The van der Waals surface area contributed by atoms with Crippen molar-refractivity contribution in [2.24, 2.45) is 5.73 Å². The number of nitrogens with one attached hydrogen (secondary N) is 1. The molecule has 2 amide bonds. The highest BCUT2D eigenvalue weighted by molar-refractivity contribution is 8.00. The predicted molar refractivity (Wildman–Crippen MR) is 96.3 cm³/mol. The third-order valence-corrected chi connectivity index (χ3v) is 5.28. The van der Waals surface area contributed by atoms with Gasteiger partial charge in [-0.2, -0.15) is 0 Å². The number of fused-ring (bicyclic) bond motifs is 1. The normalized spacial score (nSPS) is 12.0. The van der Waals surface area contributed by atoms with Crippen LogP contribution in [-0.4, -0.2) is 27.0 Å². The molecule has 0 aliphatic heterocycles. The third kappa shape index (κ3) is 3.39. The fourth-order valence-electron chi connectivity index (χ4n) is 2.11. The van der Waals surface area contributed by atoms with Gasteiger partial charge in [0, 0.05) is 5.39 Å². The molecule has 0 bridgehead atoms. The molecule has 3 rings (SSSR count). The molecule has 122 valence electrons. The van der Waals surface area contributed by atoms with Crippen molar-refractivity contribution >= 4 is 50.8 Å². The molecule has 2 aromatic heterocycles. The Kier molecular flexibility index (Phi) is 4.77. The van der Waals surface area contributed by atoms with Gasteiger partial charge in [-0.3, -0.25) is 9.59 Å². The Hall–Kier alpha value is -2.45. The zero-order chi connectivity index (χ0) is 17.1. The number of rotatable bonds is 5. The van der Waals surface area contributed by atoms with Gasteiger partial charge in [0.25, 0.3) is 5.91 Å². The minimum Gasteiger partial charge on any atom is -0.366 e. The second-order valence-corrected chi connectivity index (χ2v) is 7.22. The molecular weight excluding hydrogens is 344 g/mol. The first-order valence-electron chi connectivity index (χ1n) is 7.11. The molecule has 6 nitrogen and oxygen atoms in total. The van der Waals surface area contributed by atoms with E-state index >= 15 is 0 Å². The van der Waals surface area contributed by atoms with Crippen LogP contribution in [0.15, 0.2) is 47.1 Å². The maximum absolute atomic E-state index is 12.4. The van der Waals surface area contributed by atoms with Crippen LogP contribution in [0.3, 0.4) is 0 Å². The number of thiophene rings is 1. The topological polar surface area (TPSA) is 98.0 Å². The Balaban J connectivity index is 1.76. The standard InChI is InChI=1S/C16H14N4O2S2/c1-9(14(22)20-16-11(13(17)21)6-7-23-16)24-15-10-4-2-3-5-12(10)18-8-19-15/h2-9H,1H3,(H2,17,21)(H,20,22). The summed E-state index contributed by atoms with van der Waals surface area (Å²) in [5.41, 5.74) is 6.44. The molecule has 0 spiro atoms. The van der Waals surface area contributed by atoms with Crippen molar-refractivity contribution in [3.63, 3.8) is 0 Å². The van der Waals surface area contributed by atoms with Crippen LogP contribution in [0, 0.1) is 0 Å². The smallest absolute Gasteiger partial charge is 0.251 e. The van der Waals surface area contributed by atoms with Crippen molar-refractivity contribution in [2.45, 2.75) is 17.2 Å². The summed E-state index contributed by atoms with van der Waals surface area (Å²) in [5.74, 6) is -0.777. The average Bonchev–Trinajstić information content (AvgIpc) is 3.03. The molecule has 0 saturated carbocycles. The van der Waals surface area contributed by atoms with Crippen molar-refractivity contribution in [1.29, 1.82) is 0 Å². The van der Waals surface area contributed by atoms with E-state index < -0.39 is 11.2 Å². The van der Waals surface area contributed by atoms with E-state index in [9.17, 15) is 9.59 Å². The number of primary amides is 1. The lowest BCUT2D eigenvalue weighted by Gasteiger charge is -2.12. The monoisotopic (exact) mass is 358 g/mol. The first-order valence-corrected chi connectivity index (χ1v) is 8.86. The number of hydrogen-bond donors (Lipinski definition) is 2. The molecule has 1 atom stereocenters. The van der Waals surface area contributed by atoms with Gasteiger partial charge in [0.1, 0.15) is 16.4 Å². The Morgan fingerprint density at radius 1 is 1.25 bits per heavy atom. The summed E-state index contributed by atoms with van der Waals surface area (Å²) >= 11 is 2.61. The molecule has 3 N–H and O–H groups in total. The van der Waals surface area contributed by atoms with E-state index in [4.69, 9.17) is 5.73 Å². The summed E-state index contributed by atoms with van der Waals surface area (Å²) in [6.07, 6.45) is 1.49. The summed E-state index contributed by atoms with van der Waals surface area (Å²) < 4.78 is 0. The van der Waals surface area contributed by atoms with Gasteiger partial charge in [0.15, 0.2) is 0 Å². The lowest BCUT2D eigenvalue weighted by Crippen LogP contribution is -2.23. The third-order valence-electron chi connectivity index (χ3n) is 3.33. The molecule has 0 aliphatic carbocycles. The minimum absolute atomic E-state index is 0.215. The highest BCUT2D eigenvalue weighted by Gasteiger charge is 2.19. The van der Waals surface area contributed by atoms with Crippen LogP contribution in [0.1, 0.15) is 17.3 Å². The van der Waals surface area contributed by atoms with Gasteiger partial charge in [0.05, 0.1) is 16.3 Å². The highest BCUT2D eigenvalue weighted by atomic mass is 32.2. The number of hydrogen-bond acceptors (Lipinski definition) is 6. The molecule has 24 heavy (non-hydrogen) atoms. The maximum Gasteiger partial charge on any atom is 0.251 e. The summed E-state index contributed by atoms with van der Waals surface area (Å²) in [4.78, 5) is 32.2. The van der Waals surface area contributed by atoms with E-state index in [0.29, 0.717) is 10.6 Å². The Labute approximate surface area is 146 Å². The van der Waals surface area contributed by atoms with E-state index in [-0.39, 0.29) is 5.91 Å². The Bertz CT molecular complexity index is 904. The van der Waals surface area contributed by atoms with Crippen LogP contribution in [0.25, 0.3) is 10.9 Å². The van der Waals surface area contributed by atoms with Crippen molar-refractivity contribution in [2.75, 3.05) is 5.32 Å². The van der Waals surface area contributed by atoms with Crippen molar-refractivity contribution in [1.82, 2.24) is 9.97 Å². The van der Waals surface area contributed by atoms with Crippen molar-refractivity contribution in [3.05, 3.63) is 47.6 Å². The molecule has 0 fully saturated rings. The van der Waals surface area contributed by atoms with Crippen LogP contribution < -0.4 is 11.1 Å². The van der Waals surface area contributed by atoms with Gasteiger partial charge in [-0.25, -0.2) is 9.97 Å². The second-order valence-electron chi connectivity index (χ2n) is 4.97. The van der Waals surface area contributed by atoms with Crippen LogP contribution >= 0.6 is 23.1 Å². The molecule has 3 aromatic rings. The number of carbonyl (C=O) groups is 2. The van der Waals surface area contributed by atoms with E-state index in [1.54, 1.807) is 18.4 Å². The van der Waals surface area contributed by atoms with E-state index in [1.165, 1.54) is 29.4 Å². The maximum atomic E-state index is 12.4. The van der Waals surface area contributed by atoms with Gasteiger partial charge in [-0.15, -0.1) is 11.3 Å². The van der Waals surface area contributed by atoms with E-state index in [2.05, 4.69) is 15.3 Å². The lowest BCUT2D eigenvalue weighted by molar-refractivity contribution is -0.115. The zero-order valence-corrected chi connectivity index (χ0v) is 14.4. The fraction of sp³-hybridized carbons (Fsp3) is 0.125. The Morgan fingerprint density at radius 3 is 2.83 bits per heavy atom.